The molecular weight excluding hydrogens is 704 g/mol. The van der Waals surface area contributed by atoms with E-state index in [0.717, 1.165) is 36.4 Å². The van der Waals surface area contributed by atoms with E-state index in [1.165, 1.54) is 9.36 Å². The molecule has 0 saturated heterocycles. The zero-order chi connectivity index (χ0) is 35.9. The minimum absolute atomic E-state index is 0. The van der Waals surface area contributed by atoms with E-state index in [4.69, 9.17) is 0 Å². The Morgan fingerprint density at radius 2 is 0.922 bits per heavy atom. The number of nitro benzene ring substituents is 2. The average molecular weight is 727 g/mol. The number of azo groups is 2. The van der Waals surface area contributed by atoms with Gasteiger partial charge in [-0.2, -0.15) is 10.2 Å². The van der Waals surface area contributed by atoms with Gasteiger partial charge >= 0.3 is 17.4 Å². The summed E-state index contributed by atoms with van der Waals surface area (Å²) in [7, 11) is 0. The fourth-order valence-electron chi connectivity index (χ4n) is 4.32. The molecule has 0 unspecified atom stereocenters. The first-order valence-electron chi connectivity index (χ1n) is 14.3. The predicted octanol–water partition coefficient (Wildman–Crippen LogP) is 5.00. The SMILES string of the molecule is Cc1[n-]n(-c2ccccc2)c(=O)c1N=Nc1cc([N+](=O)[O-])ccc1[O-].Cc1[n-]n(-c2ccccc2)c(=O)c1N=Nc1cc([N+](=O)[O-])ccc1[O-].[Cr+3]. The smallest absolute Gasteiger partial charge is 0.871 e. The first-order valence-corrected chi connectivity index (χ1v) is 14.3. The average Bonchev–Trinajstić information content (AvgIpc) is 3.56. The van der Waals surface area contributed by atoms with Crippen LogP contribution in [-0.4, -0.2) is 19.2 Å². The van der Waals surface area contributed by atoms with Gasteiger partial charge in [-0.15, -0.1) is 21.6 Å². The van der Waals surface area contributed by atoms with Crippen LogP contribution < -0.4 is 31.5 Å². The van der Waals surface area contributed by atoms with Crippen molar-refractivity contribution in [3.8, 4) is 22.9 Å². The largest absolute Gasteiger partial charge is 3.00 e. The molecule has 6 rings (SSSR count). The maximum atomic E-state index is 12.4. The van der Waals surface area contributed by atoms with Gasteiger partial charge in [-0.3, -0.25) is 29.8 Å². The van der Waals surface area contributed by atoms with Crippen molar-refractivity contribution in [1.82, 2.24) is 19.6 Å². The van der Waals surface area contributed by atoms with Crippen molar-refractivity contribution in [3.63, 3.8) is 0 Å². The summed E-state index contributed by atoms with van der Waals surface area (Å²) in [5, 5.41) is 68.3. The Kier molecular flexibility index (Phi) is 11.5. The molecule has 2 heterocycles. The topological polar surface area (TPSA) is 254 Å². The van der Waals surface area contributed by atoms with Crippen molar-refractivity contribution >= 4 is 34.1 Å². The van der Waals surface area contributed by atoms with Gasteiger partial charge in [0.2, 0.25) is 0 Å². The number of aryl methyl sites for hydroxylation is 2. The molecule has 0 atom stereocenters. The molecule has 255 valence electrons. The van der Waals surface area contributed by atoms with Gasteiger partial charge in [0.25, 0.3) is 22.5 Å². The number of nitrogens with zero attached hydrogens (tertiary/aromatic N) is 10. The van der Waals surface area contributed by atoms with Gasteiger partial charge in [0.05, 0.1) is 21.2 Å². The summed E-state index contributed by atoms with van der Waals surface area (Å²) in [6.07, 6.45) is 0. The summed E-state index contributed by atoms with van der Waals surface area (Å²) in [5.41, 5.74) is -0.277. The minimum atomic E-state index is -0.643. The maximum Gasteiger partial charge on any atom is 3.00 e. The van der Waals surface area contributed by atoms with Gasteiger partial charge in [-0.1, -0.05) is 73.9 Å². The van der Waals surface area contributed by atoms with E-state index in [1.807, 2.05) is 12.1 Å². The molecule has 0 fully saturated rings. The molecule has 0 bridgehead atoms. The Bertz CT molecular complexity index is 2220. The van der Waals surface area contributed by atoms with Gasteiger partial charge in [0.1, 0.15) is 11.4 Å². The van der Waals surface area contributed by atoms with Gasteiger partial charge in [0, 0.05) is 35.6 Å². The van der Waals surface area contributed by atoms with Crippen molar-refractivity contribution < 1.29 is 37.4 Å². The molecule has 51 heavy (non-hydrogen) atoms. The van der Waals surface area contributed by atoms with Crippen LogP contribution in [-0.2, 0) is 17.4 Å². The molecule has 0 spiro atoms. The molecule has 0 saturated carbocycles. The standard InChI is InChI=1S/2C16H13N5O4.Cr/c2*1-10-15(16(23)20(19-10)11-5-3-2-4-6-11)18-17-13-9-12(21(24)25)7-8-14(13)22;/h2*2-9H,1H3,(H2,17,18,19,22,23);/q;;+3/p-4. The first-order chi connectivity index (χ1) is 23.9. The van der Waals surface area contributed by atoms with Crippen LogP contribution in [0.3, 0.4) is 0 Å². The molecule has 18 nitrogen and oxygen atoms in total. The number of non-ortho nitro benzene ring substituents is 2. The van der Waals surface area contributed by atoms with Gasteiger partial charge in [-0.25, -0.2) is 0 Å². The van der Waals surface area contributed by atoms with E-state index in [1.54, 1.807) is 62.4 Å². The molecule has 4 aromatic carbocycles. The first kappa shape index (κ1) is 36.9. The fourth-order valence-corrected chi connectivity index (χ4v) is 4.32. The Morgan fingerprint density at radius 3 is 1.25 bits per heavy atom. The number of rotatable bonds is 8. The Balaban J connectivity index is 0.000000224. The predicted molar refractivity (Wildman–Crippen MR) is 174 cm³/mol. The van der Waals surface area contributed by atoms with Crippen LogP contribution in [0, 0.1) is 34.1 Å². The third-order valence-electron chi connectivity index (χ3n) is 6.80. The molecule has 0 aliphatic carbocycles. The normalized spacial score (nSPS) is 10.9. The molecular formula is C32H22CrN10O8-. The van der Waals surface area contributed by atoms with Crippen molar-refractivity contribution in [2.45, 2.75) is 13.8 Å². The van der Waals surface area contributed by atoms with E-state index in [-0.39, 0.29) is 51.5 Å². The monoisotopic (exact) mass is 726 g/mol. The maximum absolute atomic E-state index is 12.4. The Labute approximate surface area is 297 Å². The zero-order valence-corrected chi connectivity index (χ0v) is 27.7. The molecule has 2 aromatic heterocycles. The third kappa shape index (κ3) is 8.37. The minimum Gasteiger partial charge on any atom is -0.871 e. The van der Waals surface area contributed by atoms with Crippen molar-refractivity contribution in [1.29, 1.82) is 0 Å². The van der Waals surface area contributed by atoms with Crippen LogP contribution in [0.15, 0.2) is 127 Å². The van der Waals surface area contributed by atoms with Gasteiger partial charge in [-0.05, 0) is 24.3 Å². The van der Waals surface area contributed by atoms with E-state index in [0.29, 0.717) is 22.8 Å². The van der Waals surface area contributed by atoms with Crippen LogP contribution >= 0.6 is 0 Å². The summed E-state index contributed by atoms with van der Waals surface area (Å²) < 4.78 is 2.35. The Morgan fingerprint density at radius 1 is 0.569 bits per heavy atom. The zero-order valence-electron chi connectivity index (χ0n) is 26.4. The summed E-state index contributed by atoms with van der Waals surface area (Å²) >= 11 is 0. The van der Waals surface area contributed by atoms with Gasteiger partial charge < -0.3 is 29.8 Å². The molecule has 6 aromatic rings. The second-order valence-corrected chi connectivity index (χ2v) is 10.2. The summed E-state index contributed by atoms with van der Waals surface area (Å²) in [4.78, 5) is 45.1. The third-order valence-corrected chi connectivity index (χ3v) is 6.80. The van der Waals surface area contributed by atoms with Crippen LogP contribution in [0.4, 0.5) is 34.1 Å². The molecule has 0 aliphatic heterocycles. The molecule has 0 amide bonds. The second kappa shape index (κ2) is 16.0. The quantitative estimate of drug-likeness (QED) is 0.115. The van der Waals surface area contributed by atoms with Crippen LogP contribution in [0.1, 0.15) is 11.4 Å². The summed E-state index contributed by atoms with van der Waals surface area (Å²) in [5.74, 6) is -1.06. The van der Waals surface area contributed by atoms with E-state index in [2.05, 4.69) is 30.7 Å². The molecule has 0 N–H and O–H groups in total. The van der Waals surface area contributed by atoms with E-state index >= 15 is 0 Å². The van der Waals surface area contributed by atoms with Crippen molar-refractivity contribution in [2.24, 2.45) is 20.5 Å². The van der Waals surface area contributed by atoms with Crippen LogP contribution in [0.25, 0.3) is 11.4 Å². The number of hydrogen-bond acceptors (Lipinski definition) is 12. The summed E-state index contributed by atoms with van der Waals surface area (Å²) in [6, 6.07) is 23.8. The van der Waals surface area contributed by atoms with Crippen LogP contribution in [0.5, 0.6) is 11.5 Å². The van der Waals surface area contributed by atoms with Crippen molar-refractivity contribution in [3.05, 3.63) is 149 Å². The molecule has 1 radical (unpaired) electrons. The van der Waals surface area contributed by atoms with Crippen LogP contribution in [0.2, 0.25) is 0 Å². The van der Waals surface area contributed by atoms with Gasteiger partial charge in [0.15, 0.2) is 0 Å². The van der Waals surface area contributed by atoms with Crippen molar-refractivity contribution in [2.75, 3.05) is 0 Å². The Hall–Kier alpha value is -6.97. The molecule has 0 aliphatic rings. The van der Waals surface area contributed by atoms with E-state index in [9.17, 15) is 40.0 Å². The molecule has 19 heteroatoms. The second-order valence-electron chi connectivity index (χ2n) is 10.2. The summed E-state index contributed by atoms with van der Waals surface area (Å²) in [6.45, 7) is 3.17. The number of nitro groups is 2. The van der Waals surface area contributed by atoms with E-state index < -0.39 is 32.5 Å². The number of hydrogen-bond donors (Lipinski definition) is 0. The number of para-hydroxylation sites is 2. The number of aromatic nitrogens is 4. The number of benzene rings is 4. The fraction of sp³-hybridized carbons (Fsp3) is 0.0625.